The van der Waals surface area contributed by atoms with E-state index in [9.17, 15) is 0 Å². The molecule has 2 rings (SSSR count). The van der Waals surface area contributed by atoms with E-state index in [2.05, 4.69) is 33.9 Å². The van der Waals surface area contributed by atoms with Gasteiger partial charge in [-0.3, -0.25) is 0 Å². The average molecular weight is 266 g/mol. The number of rotatable bonds is 6. The van der Waals surface area contributed by atoms with Crippen molar-refractivity contribution < 1.29 is 4.74 Å². The van der Waals surface area contributed by atoms with Crippen LogP contribution in [0.3, 0.4) is 0 Å². The Balaban J connectivity index is 2.10. The van der Waals surface area contributed by atoms with Crippen LogP contribution in [0.25, 0.3) is 0 Å². The summed E-state index contributed by atoms with van der Waals surface area (Å²) >= 11 is 0. The molecule has 0 amide bonds. The van der Waals surface area contributed by atoms with E-state index in [1.807, 2.05) is 7.05 Å². The van der Waals surface area contributed by atoms with Crippen LogP contribution in [0.5, 0.6) is 0 Å². The molecule has 0 aliphatic carbocycles. The van der Waals surface area contributed by atoms with E-state index in [1.165, 1.54) is 0 Å². The average Bonchev–Trinajstić information content (AvgIpc) is 2.77. The summed E-state index contributed by atoms with van der Waals surface area (Å²) in [5.74, 6) is 1.71. The topological polar surface area (TPSA) is 52.0 Å². The zero-order chi connectivity index (χ0) is 13.7. The molecule has 0 unspecified atom stereocenters. The Labute approximate surface area is 115 Å². The van der Waals surface area contributed by atoms with Gasteiger partial charge in [-0.2, -0.15) is 5.10 Å². The van der Waals surface area contributed by atoms with Crippen LogP contribution in [0.4, 0.5) is 0 Å². The number of nitrogens with one attached hydrogen (secondary N) is 1. The van der Waals surface area contributed by atoms with Crippen molar-refractivity contribution in [3.05, 3.63) is 12.2 Å². The van der Waals surface area contributed by atoms with Crippen molar-refractivity contribution in [2.45, 2.75) is 39.7 Å². The van der Waals surface area contributed by atoms with E-state index in [4.69, 9.17) is 4.74 Å². The first-order valence-electron chi connectivity index (χ1n) is 7.24. The molecule has 0 saturated carbocycles. The largest absolute Gasteiger partial charge is 0.381 e. The summed E-state index contributed by atoms with van der Waals surface area (Å²) in [5.41, 5.74) is 0.273. The summed E-state index contributed by atoms with van der Waals surface area (Å²) in [6.45, 7) is 8.11. The van der Waals surface area contributed by atoms with Crippen LogP contribution < -0.4 is 5.32 Å². The van der Waals surface area contributed by atoms with Crippen molar-refractivity contribution in [3.63, 3.8) is 0 Å². The number of nitrogens with zero attached hydrogens (tertiary/aromatic N) is 3. The van der Waals surface area contributed by atoms with Gasteiger partial charge in [0, 0.05) is 32.7 Å². The first kappa shape index (κ1) is 14.5. The molecule has 5 nitrogen and oxygen atoms in total. The molecular weight excluding hydrogens is 240 g/mol. The Morgan fingerprint density at radius 2 is 2.16 bits per heavy atom. The number of aromatic nitrogens is 3. The fraction of sp³-hybridized carbons (Fsp3) is 0.857. The Kier molecular flexibility index (Phi) is 4.93. The van der Waals surface area contributed by atoms with Gasteiger partial charge >= 0.3 is 0 Å². The lowest BCUT2D eigenvalue weighted by Gasteiger charge is -2.37. The summed E-state index contributed by atoms with van der Waals surface area (Å²) < 4.78 is 7.58. The first-order chi connectivity index (χ1) is 9.15. The fourth-order valence-corrected chi connectivity index (χ4v) is 2.85. The number of hydrogen-bond donors (Lipinski definition) is 1. The molecule has 5 heteroatoms. The maximum absolute atomic E-state index is 5.51. The van der Waals surface area contributed by atoms with Gasteiger partial charge in [-0.15, -0.1) is 0 Å². The normalized spacial score (nSPS) is 18.9. The third kappa shape index (κ3) is 3.76. The Hall–Kier alpha value is -0.940. The van der Waals surface area contributed by atoms with E-state index >= 15 is 0 Å². The minimum Gasteiger partial charge on any atom is -0.381 e. The van der Waals surface area contributed by atoms with Crippen LogP contribution >= 0.6 is 0 Å². The molecule has 1 saturated heterocycles. The smallest absolute Gasteiger partial charge is 0.138 e. The van der Waals surface area contributed by atoms with Crippen molar-refractivity contribution in [1.82, 2.24) is 20.1 Å². The molecule has 1 fully saturated rings. The second-order valence-corrected chi connectivity index (χ2v) is 6.07. The van der Waals surface area contributed by atoms with Gasteiger partial charge in [0.25, 0.3) is 0 Å². The molecule has 19 heavy (non-hydrogen) atoms. The maximum atomic E-state index is 5.51. The molecule has 0 aromatic carbocycles. The van der Waals surface area contributed by atoms with Gasteiger partial charge in [0.2, 0.25) is 0 Å². The summed E-state index contributed by atoms with van der Waals surface area (Å²) in [6.07, 6.45) is 4.87. The Bertz CT molecular complexity index is 377. The summed E-state index contributed by atoms with van der Waals surface area (Å²) in [4.78, 5) is 4.47. The third-order valence-corrected chi connectivity index (χ3v) is 3.87. The van der Waals surface area contributed by atoms with E-state index in [0.717, 1.165) is 51.4 Å². The van der Waals surface area contributed by atoms with Crippen molar-refractivity contribution >= 4 is 0 Å². The Morgan fingerprint density at radius 3 is 2.79 bits per heavy atom. The second kappa shape index (κ2) is 6.48. The lowest BCUT2D eigenvalue weighted by atomic mass is 9.77. The SMILES string of the molecule is CNCC1(Cc2ncnn2CC(C)C)CCOCC1. The first-order valence-corrected chi connectivity index (χ1v) is 7.24. The lowest BCUT2D eigenvalue weighted by Crippen LogP contribution is -2.40. The van der Waals surface area contributed by atoms with Gasteiger partial charge in [0.05, 0.1) is 0 Å². The van der Waals surface area contributed by atoms with E-state index in [1.54, 1.807) is 6.33 Å². The highest BCUT2D eigenvalue weighted by Gasteiger charge is 2.33. The van der Waals surface area contributed by atoms with E-state index < -0.39 is 0 Å². The lowest BCUT2D eigenvalue weighted by molar-refractivity contribution is 0.0143. The molecule has 2 heterocycles. The number of hydrogen-bond acceptors (Lipinski definition) is 4. The van der Waals surface area contributed by atoms with Crippen molar-refractivity contribution in [3.8, 4) is 0 Å². The molecule has 1 aliphatic heterocycles. The van der Waals surface area contributed by atoms with Crippen LogP contribution in [0.1, 0.15) is 32.5 Å². The summed E-state index contributed by atoms with van der Waals surface area (Å²) in [5, 5.41) is 7.70. The third-order valence-electron chi connectivity index (χ3n) is 3.87. The quantitative estimate of drug-likeness (QED) is 0.847. The summed E-state index contributed by atoms with van der Waals surface area (Å²) in [6, 6.07) is 0. The van der Waals surface area contributed by atoms with Crippen molar-refractivity contribution in [1.29, 1.82) is 0 Å². The van der Waals surface area contributed by atoms with Crippen LogP contribution in [-0.4, -0.2) is 41.6 Å². The van der Waals surface area contributed by atoms with Gasteiger partial charge in [0.15, 0.2) is 0 Å². The zero-order valence-corrected chi connectivity index (χ0v) is 12.4. The van der Waals surface area contributed by atoms with Crippen molar-refractivity contribution in [2.75, 3.05) is 26.8 Å². The van der Waals surface area contributed by atoms with Crippen molar-refractivity contribution in [2.24, 2.45) is 11.3 Å². The second-order valence-electron chi connectivity index (χ2n) is 6.07. The molecule has 0 bridgehead atoms. The van der Waals surface area contributed by atoms with Gasteiger partial charge in [-0.05, 0) is 31.2 Å². The standard InChI is InChI=1S/C14H26N4O/c1-12(2)9-18-13(16-11-17-18)8-14(10-15-3)4-6-19-7-5-14/h11-12,15H,4-10H2,1-3H3. The van der Waals surface area contributed by atoms with Crippen LogP contribution in [-0.2, 0) is 17.7 Å². The highest BCUT2D eigenvalue weighted by molar-refractivity contribution is 4.96. The molecule has 1 aliphatic rings. The number of ether oxygens (including phenoxy) is 1. The maximum Gasteiger partial charge on any atom is 0.138 e. The van der Waals surface area contributed by atoms with Gasteiger partial charge < -0.3 is 10.1 Å². The predicted octanol–water partition coefficient (Wildman–Crippen LogP) is 1.49. The Morgan fingerprint density at radius 1 is 1.42 bits per heavy atom. The van der Waals surface area contributed by atoms with Crippen LogP contribution in [0, 0.1) is 11.3 Å². The predicted molar refractivity (Wildman–Crippen MR) is 75.0 cm³/mol. The van der Waals surface area contributed by atoms with Crippen LogP contribution in [0.2, 0.25) is 0 Å². The molecular formula is C14H26N4O. The minimum absolute atomic E-state index is 0.273. The van der Waals surface area contributed by atoms with E-state index in [-0.39, 0.29) is 5.41 Å². The van der Waals surface area contributed by atoms with Gasteiger partial charge in [-0.1, -0.05) is 13.8 Å². The van der Waals surface area contributed by atoms with Gasteiger partial charge in [0.1, 0.15) is 12.2 Å². The molecule has 1 aromatic heterocycles. The minimum atomic E-state index is 0.273. The molecule has 108 valence electrons. The molecule has 0 radical (unpaired) electrons. The van der Waals surface area contributed by atoms with Gasteiger partial charge in [-0.25, -0.2) is 9.67 Å². The monoisotopic (exact) mass is 266 g/mol. The fourth-order valence-electron chi connectivity index (χ4n) is 2.85. The zero-order valence-electron chi connectivity index (χ0n) is 12.4. The van der Waals surface area contributed by atoms with Crippen LogP contribution in [0.15, 0.2) is 6.33 Å². The summed E-state index contributed by atoms with van der Waals surface area (Å²) in [7, 11) is 2.02. The highest BCUT2D eigenvalue weighted by atomic mass is 16.5. The molecule has 0 spiro atoms. The highest BCUT2D eigenvalue weighted by Crippen LogP contribution is 2.33. The molecule has 0 atom stereocenters. The molecule has 1 N–H and O–H groups in total. The van der Waals surface area contributed by atoms with E-state index in [0.29, 0.717) is 5.92 Å². The molecule has 1 aromatic rings.